The van der Waals surface area contributed by atoms with Crippen LogP contribution in [-0.4, -0.2) is 229 Å². The molecule has 502 valence electrons. The summed E-state index contributed by atoms with van der Waals surface area (Å²) in [5.41, 5.74) is 10.2. The minimum atomic E-state index is -2.50. The van der Waals surface area contributed by atoms with Crippen molar-refractivity contribution >= 4 is 70.9 Å². The maximum absolute atomic E-state index is 13.0. The average Bonchev–Trinajstić information content (AvgIpc) is 0.789. The quantitative estimate of drug-likeness (QED) is 0.0269. The van der Waals surface area contributed by atoms with Crippen LogP contribution in [0.1, 0.15) is 73.1 Å². The summed E-state index contributed by atoms with van der Waals surface area (Å²) in [7, 11) is 0. The highest BCUT2D eigenvalue weighted by atomic mass is 32.2. The van der Waals surface area contributed by atoms with Gasteiger partial charge in [-0.3, -0.25) is 28.8 Å². The molecular weight excluding hydrogens is 1240 g/mol. The van der Waals surface area contributed by atoms with E-state index >= 15 is 0 Å². The van der Waals surface area contributed by atoms with Crippen molar-refractivity contribution in [2.24, 2.45) is 5.73 Å². The number of rotatable bonds is 36. The third-order valence-corrected chi connectivity index (χ3v) is 17.3. The van der Waals surface area contributed by atoms with E-state index in [2.05, 4.69) is 31.9 Å². The first-order valence-corrected chi connectivity index (χ1v) is 32.3. The van der Waals surface area contributed by atoms with Crippen molar-refractivity contribution in [1.29, 1.82) is 0 Å². The molecule has 0 aromatic heterocycles. The van der Waals surface area contributed by atoms with Crippen LogP contribution in [0.5, 0.6) is 0 Å². The molecule has 2 aliphatic heterocycles. The Kier molecular flexibility index (Phi) is 29.2. The average molecular weight is 1320 g/mol. The number of hydrogen-bond acceptors (Lipinski definition) is 21. The molecule has 4 aromatic rings. The maximum atomic E-state index is 13.0. The molecule has 2 heterocycles. The normalized spacial score (nSPS) is 22.9. The van der Waals surface area contributed by atoms with E-state index < -0.39 is 146 Å². The van der Waals surface area contributed by atoms with Crippen LogP contribution in [-0.2, 0) is 47.7 Å². The topological polar surface area (TPSA) is 434 Å². The fourth-order valence-corrected chi connectivity index (χ4v) is 11.8. The number of ether oxygens (including phenoxy) is 4. The highest BCUT2D eigenvalue weighted by Gasteiger charge is 2.57. The van der Waals surface area contributed by atoms with E-state index in [1.165, 1.54) is 23.5 Å². The van der Waals surface area contributed by atoms with Crippen LogP contribution in [0.2, 0.25) is 0 Å². The van der Waals surface area contributed by atoms with Crippen molar-refractivity contribution in [2.45, 2.75) is 131 Å². The van der Waals surface area contributed by atoms with Gasteiger partial charge in [-0.1, -0.05) is 84.9 Å². The highest BCUT2D eigenvalue weighted by Crippen LogP contribution is 2.36. The molecule has 6 rings (SSSR count). The Balaban J connectivity index is 0.836. The Morgan fingerprint density at radius 3 is 1.32 bits per heavy atom. The molecule has 0 saturated carbocycles. The molecule has 2 saturated heterocycles. The number of carbonyl (C=O) groups is 8. The first-order chi connectivity index (χ1) is 43.9. The van der Waals surface area contributed by atoms with E-state index in [0.717, 1.165) is 36.1 Å². The molecule has 0 bridgehead atoms. The number of aliphatic hydroxyl groups excluding tert-OH is 6. The summed E-state index contributed by atoms with van der Waals surface area (Å²) in [6.45, 7) is 1.34. The Morgan fingerprint density at radius 1 is 0.554 bits per heavy atom. The summed E-state index contributed by atoms with van der Waals surface area (Å²) in [6.07, 6.45) is -14.8. The zero-order valence-corrected chi connectivity index (χ0v) is 52.6. The molecule has 0 spiro atoms. The van der Waals surface area contributed by atoms with Crippen molar-refractivity contribution in [3.8, 4) is 22.3 Å². The van der Waals surface area contributed by atoms with Crippen molar-refractivity contribution < 1.29 is 98.2 Å². The van der Waals surface area contributed by atoms with Gasteiger partial charge in [-0.2, -0.15) is 23.5 Å². The lowest BCUT2D eigenvalue weighted by Crippen LogP contribution is -2.68. The lowest BCUT2D eigenvalue weighted by Gasteiger charge is -2.46. The number of benzene rings is 4. The van der Waals surface area contributed by atoms with Gasteiger partial charge in [0.25, 0.3) is 23.4 Å². The smallest absolute Gasteiger partial charge is 0.364 e. The van der Waals surface area contributed by atoms with Gasteiger partial charge in [-0.05, 0) is 77.3 Å². The van der Waals surface area contributed by atoms with Gasteiger partial charge >= 0.3 is 11.9 Å². The number of amides is 6. The van der Waals surface area contributed by atoms with Crippen LogP contribution in [0.15, 0.2) is 109 Å². The molecule has 0 aliphatic carbocycles. The minimum absolute atomic E-state index is 0.0460. The Hall–Kier alpha value is -7.10. The van der Waals surface area contributed by atoms with E-state index in [-0.39, 0.29) is 69.0 Å². The first kappa shape index (κ1) is 73.9. The van der Waals surface area contributed by atoms with Gasteiger partial charge < -0.3 is 97.4 Å². The van der Waals surface area contributed by atoms with Crippen molar-refractivity contribution in [3.05, 3.63) is 120 Å². The summed E-state index contributed by atoms with van der Waals surface area (Å²) >= 11 is 2.80. The van der Waals surface area contributed by atoms with E-state index in [9.17, 15) is 79.2 Å². The number of nitrogens with two attached hydrogens (primary N) is 1. The second-order valence-electron chi connectivity index (χ2n) is 22.1. The third-order valence-electron chi connectivity index (χ3n) is 15.1. The standard InChI is InChI=1S/C63H83N7O20S2/c1-37(71)69-51-46(73)33-62(60(83)84,89-55(51)53(78)48(75)35-67-57(80)43-19-15-41(16-20-43)39-11-5-3-6-12-39)87-27-9-29-91-31-25-65-50(77)24-23-45(64)59(82)66-26-32-92-30-10-28-88-63(61(85)86)34-47(74)52(70-38(2)72)56(90-63)54(79)49(76)36-68-58(81)44-21-17-42(18-22-44)40-13-7-4-8-14-40/h3-8,11-22,45-49,51-56,73-76,78-79H,9-10,23-36,64H2,1-2H3,(H,65,77)(H,66,82)(H,67,80)(H,68,81)(H,69,71)(H,70,72)(H,83,84)(H,85,86)/t45?,46-,47-,48+,49+,51+,52+,53?,54?,55+,56+,62+,63+/m0/s1. The first-order valence-electron chi connectivity index (χ1n) is 30.0. The molecule has 4 aromatic carbocycles. The van der Waals surface area contributed by atoms with Gasteiger partial charge in [0.05, 0.1) is 55.8 Å². The van der Waals surface area contributed by atoms with Crippen LogP contribution in [0, 0.1) is 0 Å². The number of aliphatic hydroxyl groups is 6. The Morgan fingerprint density at radius 2 is 0.935 bits per heavy atom. The zero-order valence-electron chi connectivity index (χ0n) is 50.9. The number of carboxylic acids is 2. The van der Waals surface area contributed by atoms with E-state index in [1.54, 1.807) is 48.5 Å². The molecule has 2 fully saturated rings. The molecule has 2 aliphatic rings. The predicted molar refractivity (Wildman–Crippen MR) is 338 cm³/mol. The number of nitrogens with one attached hydrogen (secondary N) is 6. The molecule has 27 nitrogen and oxygen atoms in total. The molecule has 6 amide bonds. The lowest BCUT2D eigenvalue weighted by atomic mass is 9.88. The van der Waals surface area contributed by atoms with E-state index in [1.807, 2.05) is 60.7 Å². The molecule has 13 atom stereocenters. The van der Waals surface area contributed by atoms with Crippen LogP contribution >= 0.6 is 23.5 Å². The maximum Gasteiger partial charge on any atom is 0.364 e. The van der Waals surface area contributed by atoms with Crippen LogP contribution in [0.4, 0.5) is 0 Å². The minimum Gasteiger partial charge on any atom is -0.477 e. The lowest BCUT2D eigenvalue weighted by molar-refractivity contribution is -0.310. The largest absolute Gasteiger partial charge is 0.477 e. The van der Waals surface area contributed by atoms with Gasteiger partial charge in [-0.15, -0.1) is 0 Å². The van der Waals surface area contributed by atoms with Crippen LogP contribution < -0.4 is 37.6 Å². The number of aliphatic carboxylic acids is 2. The van der Waals surface area contributed by atoms with Crippen molar-refractivity contribution in [2.75, 3.05) is 62.4 Å². The molecule has 0 radical (unpaired) electrons. The highest BCUT2D eigenvalue weighted by molar-refractivity contribution is 7.99. The van der Waals surface area contributed by atoms with Crippen molar-refractivity contribution in [1.82, 2.24) is 31.9 Å². The second kappa shape index (κ2) is 36.4. The SMILES string of the molecule is CC(=O)N[C@@H]1[C@@H](O)C[C@](OCCCSCCNC(=O)CCC(N)C(=O)NCCSCCCO[C@]2(C(=O)O)C[C@H](O)[C@@H](NC(C)=O)[C@H](C(O)[C@H](O)CNC(=O)c3ccc(-c4ccccc4)cc3)O2)(C(=O)O)O[C@H]1C(O)[C@H](O)CNC(=O)c1ccc(-c2ccccc2)cc1. The summed E-state index contributed by atoms with van der Waals surface area (Å²) < 4.78 is 23.1. The number of carbonyl (C=O) groups excluding carboxylic acids is 6. The summed E-state index contributed by atoms with van der Waals surface area (Å²) in [4.78, 5) is 101. The number of thioether (sulfide) groups is 2. The predicted octanol–water partition coefficient (Wildman–Crippen LogP) is 0.114. The molecule has 29 heteroatoms. The number of hydrogen-bond donors (Lipinski definition) is 15. The summed E-state index contributed by atoms with van der Waals surface area (Å²) in [5, 5.41) is 103. The summed E-state index contributed by atoms with van der Waals surface area (Å²) in [6, 6.07) is 28.6. The molecular formula is C63H83N7O20S2. The molecule has 92 heavy (non-hydrogen) atoms. The Labute approximate surface area is 540 Å². The van der Waals surface area contributed by atoms with Crippen LogP contribution in [0.3, 0.4) is 0 Å². The van der Waals surface area contributed by atoms with E-state index in [0.29, 0.717) is 23.0 Å². The summed E-state index contributed by atoms with van der Waals surface area (Å²) in [5.74, 6) is -9.78. The fourth-order valence-electron chi connectivity index (χ4n) is 10.2. The van der Waals surface area contributed by atoms with Crippen molar-refractivity contribution in [3.63, 3.8) is 0 Å². The van der Waals surface area contributed by atoms with Gasteiger partial charge in [0.1, 0.15) is 24.4 Å². The van der Waals surface area contributed by atoms with Gasteiger partial charge in [0.15, 0.2) is 0 Å². The number of carboxylic acid groups (broad SMARTS) is 2. The fraction of sp³-hybridized carbons (Fsp3) is 0.492. The molecule has 3 unspecified atom stereocenters. The van der Waals surface area contributed by atoms with Gasteiger partial charge in [0.2, 0.25) is 23.6 Å². The van der Waals surface area contributed by atoms with Gasteiger partial charge in [0, 0.05) is 81.9 Å². The second-order valence-corrected chi connectivity index (χ2v) is 24.6. The van der Waals surface area contributed by atoms with Gasteiger partial charge in [-0.25, -0.2) is 9.59 Å². The molecule has 16 N–H and O–H groups in total. The van der Waals surface area contributed by atoms with Crippen LogP contribution in [0.25, 0.3) is 22.3 Å². The zero-order chi connectivity index (χ0) is 67.0. The Bertz CT molecular complexity index is 3050. The van der Waals surface area contributed by atoms with E-state index in [4.69, 9.17) is 24.7 Å². The monoisotopic (exact) mass is 1320 g/mol. The third kappa shape index (κ3) is 21.7.